The highest BCUT2D eigenvalue weighted by Gasteiger charge is 2.37. The Morgan fingerprint density at radius 3 is 2.79 bits per heavy atom. The van der Waals surface area contributed by atoms with Crippen molar-refractivity contribution in [3.05, 3.63) is 18.0 Å². The van der Waals surface area contributed by atoms with E-state index in [4.69, 9.17) is 5.73 Å². The minimum Gasteiger partial charge on any atom is -0.327 e. The molecule has 1 saturated carbocycles. The summed E-state index contributed by atoms with van der Waals surface area (Å²) in [6.07, 6.45) is 3.01. The zero-order chi connectivity index (χ0) is 9.42. The highest BCUT2D eigenvalue weighted by molar-refractivity contribution is 5.85. The Morgan fingerprint density at radius 1 is 1.64 bits per heavy atom. The van der Waals surface area contributed by atoms with Crippen LogP contribution >= 0.6 is 12.4 Å². The van der Waals surface area contributed by atoms with Gasteiger partial charge in [0.15, 0.2) is 0 Å². The highest BCUT2D eigenvalue weighted by Crippen LogP contribution is 2.38. The van der Waals surface area contributed by atoms with Gasteiger partial charge < -0.3 is 5.73 Å². The van der Waals surface area contributed by atoms with Crippen molar-refractivity contribution in [2.45, 2.75) is 38.8 Å². The van der Waals surface area contributed by atoms with Crippen LogP contribution in [-0.4, -0.2) is 15.8 Å². The van der Waals surface area contributed by atoms with Crippen molar-refractivity contribution in [2.75, 3.05) is 0 Å². The molecule has 2 rings (SSSR count). The predicted molar refractivity (Wildman–Crippen MR) is 59.6 cm³/mol. The molecule has 3 nitrogen and oxygen atoms in total. The minimum absolute atomic E-state index is 0. The maximum atomic E-state index is 5.82. The van der Waals surface area contributed by atoms with Gasteiger partial charge in [-0.15, -0.1) is 12.4 Å². The molecule has 2 atom stereocenters. The van der Waals surface area contributed by atoms with Crippen molar-refractivity contribution in [1.29, 1.82) is 0 Å². The molecule has 0 spiro atoms. The molecule has 1 heterocycles. The van der Waals surface area contributed by atoms with Gasteiger partial charge in [-0.2, -0.15) is 5.10 Å². The predicted octanol–water partition coefficient (Wildman–Crippen LogP) is 1.78. The van der Waals surface area contributed by atoms with Gasteiger partial charge in [-0.3, -0.25) is 4.68 Å². The van der Waals surface area contributed by atoms with E-state index < -0.39 is 0 Å². The third-order valence-electron chi connectivity index (χ3n) is 2.51. The number of nitrogens with two attached hydrogens (primary N) is 1. The van der Waals surface area contributed by atoms with E-state index in [2.05, 4.69) is 29.7 Å². The lowest BCUT2D eigenvalue weighted by Crippen LogP contribution is -2.11. The van der Waals surface area contributed by atoms with Crippen molar-refractivity contribution in [2.24, 2.45) is 11.7 Å². The normalized spacial score (nSPS) is 24.9. The highest BCUT2D eigenvalue weighted by atomic mass is 35.5. The summed E-state index contributed by atoms with van der Waals surface area (Å²) in [4.78, 5) is 0. The van der Waals surface area contributed by atoms with Crippen LogP contribution < -0.4 is 5.73 Å². The van der Waals surface area contributed by atoms with Crippen molar-refractivity contribution in [3.63, 3.8) is 0 Å². The molecule has 80 valence electrons. The summed E-state index contributed by atoms with van der Waals surface area (Å²) in [5.74, 6) is 1.22. The van der Waals surface area contributed by atoms with Crippen LogP contribution in [0.1, 0.15) is 31.9 Å². The summed E-state index contributed by atoms with van der Waals surface area (Å²) in [5, 5.41) is 4.31. The van der Waals surface area contributed by atoms with E-state index in [0.29, 0.717) is 17.9 Å². The zero-order valence-electron chi connectivity index (χ0n) is 8.68. The maximum Gasteiger partial charge on any atom is 0.0492 e. The van der Waals surface area contributed by atoms with Crippen LogP contribution in [0.4, 0.5) is 0 Å². The molecule has 1 aliphatic rings. The Kier molecular flexibility index (Phi) is 3.56. The van der Waals surface area contributed by atoms with Gasteiger partial charge in [-0.05, 0) is 18.4 Å². The van der Waals surface area contributed by atoms with Gasteiger partial charge >= 0.3 is 0 Å². The van der Waals surface area contributed by atoms with Crippen LogP contribution in [-0.2, 0) is 6.54 Å². The van der Waals surface area contributed by atoms with Crippen molar-refractivity contribution >= 4 is 12.4 Å². The Balaban J connectivity index is 0.000000980. The zero-order valence-corrected chi connectivity index (χ0v) is 9.50. The average molecular weight is 216 g/mol. The molecule has 0 radical (unpaired) electrons. The van der Waals surface area contributed by atoms with E-state index in [0.717, 1.165) is 13.0 Å². The van der Waals surface area contributed by atoms with E-state index in [9.17, 15) is 0 Å². The SMILES string of the molecule is CC(C)Cn1nccc1C1CC1N.Cl. The lowest BCUT2D eigenvalue weighted by atomic mass is 10.2. The summed E-state index contributed by atoms with van der Waals surface area (Å²) in [6, 6.07) is 2.47. The van der Waals surface area contributed by atoms with Gasteiger partial charge in [0.2, 0.25) is 0 Å². The fourth-order valence-corrected chi connectivity index (χ4v) is 1.71. The first-order valence-corrected chi connectivity index (χ1v) is 4.95. The van der Waals surface area contributed by atoms with E-state index in [1.54, 1.807) is 0 Å². The monoisotopic (exact) mass is 215 g/mol. The molecule has 0 aromatic carbocycles. The maximum absolute atomic E-state index is 5.82. The first kappa shape index (κ1) is 11.5. The van der Waals surface area contributed by atoms with Gasteiger partial charge in [0.05, 0.1) is 0 Å². The molecule has 1 aromatic rings. The molecule has 0 bridgehead atoms. The lowest BCUT2D eigenvalue weighted by Gasteiger charge is -2.08. The Hall–Kier alpha value is -0.540. The summed E-state index contributed by atoms with van der Waals surface area (Å²) in [6.45, 7) is 5.42. The molecule has 2 unspecified atom stereocenters. The summed E-state index contributed by atoms with van der Waals surface area (Å²) >= 11 is 0. The molecule has 0 amide bonds. The molecule has 0 aliphatic heterocycles. The van der Waals surface area contributed by atoms with Crippen LogP contribution in [0.5, 0.6) is 0 Å². The number of aromatic nitrogens is 2. The van der Waals surface area contributed by atoms with Gasteiger partial charge in [0.1, 0.15) is 0 Å². The van der Waals surface area contributed by atoms with E-state index in [1.165, 1.54) is 5.69 Å². The number of halogens is 1. The van der Waals surface area contributed by atoms with Crippen molar-refractivity contribution in [1.82, 2.24) is 9.78 Å². The van der Waals surface area contributed by atoms with E-state index in [1.807, 2.05) is 6.20 Å². The first-order valence-electron chi connectivity index (χ1n) is 4.95. The molecular formula is C10H18ClN3. The van der Waals surface area contributed by atoms with Gasteiger partial charge in [-0.1, -0.05) is 13.8 Å². The second-order valence-electron chi connectivity index (χ2n) is 4.34. The molecule has 14 heavy (non-hydrogen) atoms. The van der Waals surface area contributed by atoms with Crippen LogP contribution in [0.3, 0.4) is 0 Å². The van der Waals surface area contributed by atoms with Gasteiger partial charge in [0.25, 0.3) is 0 Å². The molecule has 2 N–H and O–H groups in total. The second kappa shape index (κ2) is 4.32. The molecule has 4 heteroatoms. The molecule has 1 fully saturated rings. The topological polar surface area (TPSA) is 43.8 Å². The third-order valence-corrected chi connectivity index (χ3v) is 2.51. The summed E-state index contributed by atoms with van der Waals surface area (Å²) < 4.78 is 2.10. The fourth-order valence-electron chi connectivity index (χ4n) is 1.71. The molecule has 1 aliphatic carbocycles. The van der Waals surface area contributed by atoms with Gasteiger partial charge in [0, 0.05) is 30.4 Å². The van der Waals surface area contributed by atoms with E-state index in [-0.39, 0.29) is 12.4 Å². The Bertz CT molecular complexity index is 295. The third kappa shape index (κ3) is 2.28. The molecule has 1 aromatic heterocycles. The number of rotatable bonds is 3. The standard InChI is InChI=1S/C10H17N3.ClH/c1-7(2)6-13-10(3-4-12-13)8-5-9(8)11;/h3-4,7-9H,5-6,11H2,1-2H3;1H. The second-order valence-corrected chi connectivity index (χ2v) is 4.34. The van der Waals surface area contributed by atoms with E-state index >= 15 is 0 Å². The minimum atomic E-state index is 0. The Morgan fingerprint density at radius 2 is 2.29 bits per heavy atom. The van der Waals surface area contributed by atoms with Crippen molar-refractivity contribution < 1.29 is 0 Å². The molecular weight excluding hydrogens is 198 g/mol. The number of nitrogens with zero attached hydrogens (tertiary/aromatic N) is 2. The summed E-state index contributed by atoms with van der Waals surface area (Å²) in [7, 11) is 0. The lowest BCUT2D eigenvalue weighted by molar-refractivity contribution is 0.468. The van der Waals surface area contributed by atoms with Crippen LogP contribution in [0.15, 0.2) is 12.3 Å². The Labute approximate surface area is 91.1 Å². The van der Waals surface area contributed by atoms with Crippen LogP contribution in [0, 0.1) is 5.92 Å². The largest absolute Gasteiger partial charge is 0.327 e. The molecule has 0 saturated heterocycles. The fraction of sp³-hybridized carbons (Fsp3) is 0.700. The smallest absolute Gasteiger partial charge is 0.0492 e. The first-order chi connectivity index (χ1) is 6.18. The summed E-state index contributed by atoms with van der Waals surface area (Å²) in [5.41, 5.74) is 7.14. The van der Waals surface area contributed by atoms with Crippen LogP contribution in [0.25, 0.3) is 0 Å². The van der Waals surface area contributed by atoms with Crippen LogP contribution in [0.2, 0.25) is 0 Å². The quantitative estimate of drug-likeness (QED) is 0.836. The number of hydrogen-bond donors (Lipinski definition) is 1. The van der Waals surface area contributed by atoms with Crippen molar-refractivity contribution in [3.8, 4) is 0 Å². The average Bonchev–Trinajstić information content (AvgIpc) is 2.60. The van der Waals surface area contributed by atoms with Gasteiger partial charge in [-0.25, -0.2) is 0 Å². The number of hydrogen-bond acceptors (Lipinski definition) is 2.